The SMILES string of the molecule is CC(O)CCCN(C(=O)C1CCC(C)CC1)c1ccsc1C(=O)O. The molecule has 24 heavy (non-hydrogen) atoms. The van der Waals surface area contributed by atoms with E-state index >= 15 is 0 Å². The number of thiophene rings is 1. The fourth-order valence-corrected chi connectivity index (χ4v) is 4.03. The fraction of sp³-hybridized carbons (Fsp3) is 0.667. The molecule has 134 valence electrons. The van der Waals surface area contributed by atoms with E-state index in [0.29, 0.717) is 31.0 Å². The van der Waals surface area contributed by atoms with Crippen molar-refractivity contribution in [3.63, 3.8) is 0 Å². The number of anilines is 1. The van der Waals surface area contributed by atoms with E-state index in [1.54, 1.807) is 23.3 Å². The van der Waals surface area contributed by atoms with Crippen molar-refractivity contribution in [1.82, 2.24) is 0 Å². The molecule has 1 aromatic heterocycles. The molecule has 1 fully saturated rings. The molecular formula is C18H27NO4S. The lowest BCUT2D eigenvalue weighted by Gasteiger charge is -2.31. The number of carbonyl (C=O) groups excluding carboxylic acids is 1. The van der Waals surface area contributed by atoms with Gasteiger partial charge in [0.2, 0.25) is 5.91 Å². The number of carboxylic acids is 1. The van der Waals surface area contributed by atoms with Crippen LogP contribution >= 0.6 is 11.3 Å². The lowest BCUT2D eigenvalue weighted by Crippen LogP contribution is -2.39. The van der Waals surface area contributed by atoms with Gasteiger partial charge in [0.05, 0.1) is 11.8 Å². The van der Waals surface area contributed by atoms with E-state index in [1.807, 2.05) is 0 Å². The third-order valence-electron chi connectivity index (χ3n) is 4.76. The van der Waals surface area contributed by atoms with Gasteiger partial charge in [-0.15, -0.1) is 11.3 Å². The summed E-state index contributed by atoms with van der Waals surface area (Å²) in [6.45, 7) is 4.39. The average molecular weight is 353 g/mol. The molecule has 1 saturated carbocycles. The van der Waals surface area contributed by atoms with Gasteiger partial charge < -0.3 is 15.1 Å². The van der Waals surface area contributed by atoms with E-state index < -0.39 is 12.1 Å². The van der Waals surface area contributed by atoms with E-state index in [0.717, 1.165) is 37.0 Å². The Morgan fingerprint density at radius 2 is 2.00 bits per heavy atom. The molecule has 1 aliphatic rings. The van der Waals surface area contributed by atoms with Gasteiger partial charge in [0.1, 0.15) is 4.88 Å². The topological polar surface area (TPSA) is 77.8 Å². The maximum atomic E-state index is 13.0. The van der Waals surface area contributed by atoms with Gasteiger partial charge in [-0.05, 0) is 62.8 Å². The highest BCUT2D eigenvalue weighted by Crippen LogP contribution is 2.33. The van der Waals surface area contributed by atoms with E-state index in [4.69, 9.17) is 0 Å². The van der Waals surface area contributed by atoms with E-state index in [-0.39, 0.29) is 16.7 Å². The molecule has 1 unspecified atom stereocenters. The van der Waals surface area contributed by atoms with Crippen molar-refractivity contribution in [2.45, 2.75) is 58.5 Å². The molecule has 1 amide bonds. The number of carbonyl (C=O) groups is 2. The zero-order valence-electron chi connectivity index (χ0n) is 14.4. The Kier molecular flexibility index (Phi) is 6.80. The van der Waals surface area contributed by atoms with Gasteiger partial charge in [0.15, 0.2) is 0 Å². The molecule has 2 rings (SSSR count). The Morgan fingerprint density at radius 1 is 1.33 bits per heavy atom. The summed E-state index contributed by atoms with van der Waals surface area (Å²) in [5.74, 6) is -0.318. The number of carboxylic acid groups (broad SMARTS) is 1. The third-order valence-corrected chi connectivity index (χ3v) is 5.66. The van der Waals surface area contributed by atoms with Gasteiger partial charge in [-0.2, -0.15) is 0 Å². The Bertz CT molecular complexity index is 561. The predicted molar refractivity (Wildman–Crippen MR) is 95.7 cm³/mol. The maximum absolute atomic E-state index is 13.0. The highest BCUT2D eigenvalue weighted by molar-refractivity contribution is 7.12. The minimum atomic E-state index is -0.995. The van der Waals surface area contributed by atoms with E-state index in [1.165, 1.54) is 0 Å². The molecule has 2 N–H and O–H groups in total. The summed E-state index contributed by atoms with van der Waals surface area (Å²) in [6, 6.07) is 1.72. The summed E-state index contributed by atoms with van der Waals surface area (Å²) < 4.78 is 0. The summed E-state index contributed by atoms with van der Waals surface area (Å²) in [5.41, 5.74) is 0.502. The molecular weight excluding hydrogens is 326 g/mol. The van der Waals surface area contributed by atoms with Gasteiger partial charge in [0, 0.05) is 12.5 Å². The van der Waals surface area contributed by atoms with Crippen LogP contribution in [0.4, 0.5) is 5.69 Å². The van der Waals surface area contributed by atoms with Crippen LogP contribution in [0.25, 0.3) is 0 Å². The van der Waals surface area contributed by atoms with Gasteiger partial charge in [-0.25, -0.2) is 4.79 Å². The van der Waals surface area contributed by atoms with E-state index in [2.05, 4.69) is 6.92 Å². The van der Waals surface area contributed by atoms with Crippen LogP contribution in [0.1, 0.15) is 62.0 Å². The highest BCUT2D eigenvalue weighted by Gasteiger charge is 2.31. The number of nitrogens with zero attached hydrogens (tertiary/aromatic N) is 1. The third kappa shape index (κ3) is 4.80. The fourth-order valence-electron chi connectivity index (χ4n) is 3.30. The molecule has 1 atom stereocenters. The standard InChI is InChI=1S/C18H27NO4S/c1-12-5-7-14(8-6-12)17(21)19(10-3-4-13(2)20)15-9-11-24-16(15)18(22)23/h9,11-14,20H,3-8,10H2,1-2H3,(H,22,23). The lowest BCUT2D eigenvalue weighted by atomic mass is 9.82. The van der Waals surface area contributed by atoms with Crippen molar-refractivity contribution < 1.29 is 19.8 Å². The molecule has 0 aromatic carbocycles. The number of amides is 1. The molecule has 6 heteroatoms. The predicted octanol–water partition coefficient (Wildman–Crippen LogP) is 3.77. The van der Waals surface area contributed by atoms with Gasteiger partial charge >= 0.3 is 5.97 Å². The van der Waals surface area contributed by atoms with Crippen molar-refractivity contribution in [2.75, 3.05) is 11.4 Å². The van der Waals surface area contributed by atoms with Gasteiger partial charge in [-0.1, -0.05) is 6.92 Å². The highest BCUT2D eigenvalue weighted by atomic mass is 32.1. The molecule has 0 bridgehead atoms. The Labute approximate surface area is 147 Å². The van der Waals surface area contributed by atoms with Crippen LogP contribution < -0.4 is 4.90 Å². The number of hydrogen-bond donors (Lipinski definition) is 2. The molecule has 0 aliphatic heterocycles. The maximum Gasteiger partial charge on any atom is 0.348 e. The van der Waals surface area contributed by atoms with Crippen LogP contribution in [-0.4, -0.2) is 34.7 Å². The molecule has 0 saturated heterocycles. The smallest absolute Gasteiger partial charge is 0.348 e. The van der Waals surface area contributed by atoms with E-state index in [9.17, 15) is 19.8 Å². The lowest BCUT2D eigenvalue weighted by molar-refractivity contribution is -0.123. The summed E-state index contributed by atoms with van der Waals surface area (Å²) in [4.78, 5) is 26.3. The van der Waals surface area contributed by atoms with Crippen molar-refractivity contribution in [3.8, 4) is 0 Å². The van der Waals surface area contributed by atoms with Crippen LogP contribution in [0.3, 0.4) is 0 Å². The summed E-state index contributed by atoms with van der Waals surface area (Å²) in [5, 5.41) is 20.6. The minimum Gasteiger partial charge on any atom is -0.477 e. The zero-order valence-corrected chi connectivity index (χ0v) is 15.2. The summed E-state index contributed by atoms with van der Waals surface area (Å²) in [6.07, 6.45) is 4.68. The second-order valence-corrected chi connectivity index (χ2v) is 7.79. The summed E-state index contributed by atoms with van der Waals surface area (Å²) >= 11 is 1.15. The van der Waals surface area contributed by atoms with Gasteiger partial charge in [-0.3, -0.25) is 4.79 Å². The first kappa shape index (κ1) is 18.9. The molecule has 0 spiro atoms. The first-order valence-electron chi connectivity index (χ1n) is 8.70. The van der Waals surface area contributed by atoms with Crippen molar-refractivity contribution in [1.29, 1.82) is 0 Å². The van der Waals surface area contributed by atoms with Crippen LogP contribution in [0.5, 0.6) is 0 Å². The van der Waals surface area contributed by atoms with Crippen LogP contribution in [0.15, 0.2) is 11.4 Å². The second kappa shape index (κ2) is 8.62. The molecule has 1 heterocycles. The number of aliphatic hydroxyl groups excluding tert-OH is 1. The van der Waals surface area contributed by atoms with Crippen molar-refractivity contribution in [3.05, 3.63) is 16.3 Å². The van der Waals surface area contributed by atoms with Crippen molar-refractivity contribution in [2.24, 2.45) is 11.8 Å². The molecule has 5 nitrogen and oxygen atoms in total. The van der Waals surface area contributed by atoms with Gasteiger partial charge in [0.25, 0.3) is 0 Å². The normalized spacial score (nSPS) is 22.1. The molecule has 1 aromatic rings. The number of rotatable bonds is 7. The van der Waals surface area contributed by atoms with Crippen LogP contribution in [0.2, 0.25) is 0 Å². The molecule has 1 aliphatic carbocycles. The first-order valence-corrected chi connectivity index (χ1v) is 9.58. The minimum absolute atomic E-state index is 0.0192. The second-order valence-electron chi connectivity index (χ2n) is 6.88. The Balaban J connectivity index is 2.17. The first-order chi connectivity index (χ1) is 11.4. The quantitative estimate of drug-likeness (QED) is 0.782. The average Bonchev–Trinajstić information content (AvgIpc) is 3.01. The summed E-state index contributed by atoms with van der Waals surface area (Å²) in [7, 11) is 0. The van der Waals surface area contributed by atoms with Crippen LogP contribution in [-0.2, 0) is 4.79 Å². The number of aromatic carboxylic acids is 1. The largest absolute Gasteiger partial charge is 0.477 e. The Hall–Kier alpha value is -1.40. The monoisotopic (exact) mass is 353 g/mol. The number of hydrogen-bond acceptors (Lipinski definition) is 4. The van der Waals surface area contributed by atoms with Crippen LogP contribution in [0, 0.1) is 11.8 Å². The zero-order chi connectivity index (χ0) is 17.7. The molecule has 0 radical (unpaired) electrons. The van der Waals surface area contributed by atoms with Crippen molar-refractivity contribution >= 4 is 28.9 Å². The Morgan fingerprint density at radius 3 is 2.58 bits per heavy atom. The number of aliphatic hydroxyl groups is 1.